The second-order valence-electron chi connectivity index (χ2n) is 16.0. The molecule has 1 aliphatic carbocycles. The van der Waals surface area contributed by atoms with Crippen LogP contribution < -0.4 is 9.64 Å². The molecule has 10 aromatic carbocycles. The number of hydrogen-bond donors (Lipinski definition) is 0. The van der Waals surface area contributed by atoms with Crippen LogP contribution in [0.4, 0.5) is 17.1 Å². The van der Waals surface area contributed by atoms with E-state index in [1.54, 1.807) is 0 Å². The van der Waals surface area contributed by atoms with Crippen molar-refractivity contribution in [3.63, 3.8) is 0 Å². The molecule has 2 aliphatic rings. The van der Waals surface area contributed by atoms with Crippen LogP contribution in [0.15, 0.2) is 237 Å². The smallest absolute Gasteiger partial charge is 0.135 e. The third-order valence-electron chi connectivity index (χ3n) is 12.7. The number of benzene rings is 10. The van der Waals surface area contributed by atoms with Crippen LogP contribution in [0.25, 0.3) is 55.3 Å². The van der Waals surface area contributed by atoms with E-state index in [0.717, 1.165) is 45.3 Å². The van der Waals surface area contributed by atoms with Gasteiger partial charge in [0.2, 0.25) is 0 Å². The number of nitrogens with zero attached hydrogens (tertiary/aromatic N) is 1. The molecule has 0 atom stereocenters. The van der Waals surface area contributed by atoms with E-state index < -0.39 is 5.41 Å². The number of hydrogen-bond acceptors (Lipinski definition) is 2. The molecule has 0 radical (unpaired) electrons. The molecule has 12 rings (SSSR count). The lowest BCUT2D eigenvalue weighted by Crippen LogP contribution is -2.28. The van der Waals surface area contributed by atoms with E-state index in [9.17, 15) is 0 Å². The van der Waals surface area contributed by atoms with Crippen molar-refractivity contribution in [3.05, 3.63) is 259 Å². The van der Waals surface area contributed by atoms with Crippen LogP contribution in [-0.4, -0.2) is 0 Å². The maximum Gasteiger partial charge on any atom is 0.135 e. The van der Waals surface area contributed by atoms with Crippen LogP contribution in [0.5, 0.6) is 11.5 Å². The van der Waals surface area contributed by atoms with Crippen LogP contribution in [0, 0.1) is 0 Å². The van der Waals surface area contributed by atoms with Crippen LogP contribution in [0.1, 0.15) is 22.3 Å². The van der Waals surface area contributed by atoms with E-state index in [1.165, 1.54) is 60.8 Å². The van der Waals surface area contributed by atoms with Crippen LogP contribution in [0.3, 0.4) is 0 Å². The summed E-state index contributed by atoms with van der Waals surface area (Å²) in [7, 11) is 0. The zero-order chi connectivity index (χ0) is 40.3. The summed E-state index contributed by atoms with van der Waals surface area (Å²) in [5, 5.41) is 2.37. The summed E-state index contributed by atoms with van der Waals surface area (Å²) < 4.78 is 6.56. The topological polar surface area (TPSA) is 12.5 Å². The quantitative estimate of drug-likeness (QED) is 0.160. The molecule has 0 bridgehead atoms. The minimum atomic E-state index is -0.454. The third-order valence-corrected chi connectivity index (χ3v) is 12.7. The van der Waals surface area contributed by atoms with Crippen molar-refractivity contribution < 1.29 is 4.74 Å². The Balaban J connectivity index is 0.985. The predicted octanol–water partition coefficient (Wildman–Crippen LogP) is 15.8. The van der Waals surface area contributed by atoms with Gasteiger partial charge in [-0.1, -0.05) is 182 Å². The first-order valence-corrected chi connectivity index (χ1v) is 21.0. The molecule has 61 heavy (non-hydrogen) atoms. The average molecular weight is 778 g/mol. The first kappa shape index (κ1) is 35.0. The largest absolute Gasteiger partial charge is 0.456 e. The maximum atomic E-state index is 6.56. The van der Waals surface area contributed by atoms with E-state index in [0.29, 0.717) is 0 Å². The fourth-order valence-electron chi connectivity index (χ4n) is 10.0. The number of anilines is 3. The van der Waals surface area contributed by atoms with Crippen LogP contribution >= 0.6 is 0 Å². The van der Waals surface area contributed by atoms with Crippen LogP contribution in [0.2, 0.25) is 0 Å². The van der Waals surface area contributed by atoms with Crippen molar-refractivity contribution in [2.75, 3.05) is 4.90 Å². The van der Waals surface area contributed by atoms with Gasteiger partial charge in [-0.15, -0.1) is 0 Å². The normalized spacial score (nSPS) is 12.9. The minimum absolute atomic E-state index is 0.454. The van der Waals surface area contributed by atoms with E-state index in [1.807, 2.05) is 0 Å². The van der Waals surface area contributed by atoms with E-state index in [4.69, 9.17) is 4.74 Å². The zero-order valence-corrected chi connectivity index (χ0v) is 33.4. The molecule has 1 aliphatic heterocycles. The summed E-state index contributed by atoms with van der Waals surface area (Å²) >= 11 is 0. The van der Waals surface area contributed by atoms with E-state index in [2.05, 4.69) is 241 Å². The van der Waals surface area contributed by atoms with Gasteiger partial charge in [0, 0.05) is 28.0 Å². The first-order chi connectivity index (χ1) is 30.2. The highest BCUT2D eigenvalue weighted by Crippen LogP contribution is 2.57. The highest BCUT2D eigenvalue weighted by molar-refractivity contribution is 6.04. The van der Waals surface area contributed by atoms with Gasteiger partial charge in [0.25, 0.3) is 0 Å². The minimum Gasteiger partial charge on any atom is -0.456 e. The fraction of sp³-hybridized carbons (Fsp3) is 0.0169. The summed E-state index contributed by atoms with van der Waals surface area (Å²) in [6, 6.07) is 85.9. The molecule has 0 saturated carbocycles. The molecule has 0 spiro atoms. The van der Waals surface area contributed by atoms with Gasteiger partial charge in [0.05, 0.1) is 5.41 Å². The Morgan fingerprint density at radius 3 is 1.52 bits per heavy atom. The Morgan fingerprint density at radius 1 is 0.311 bits per heavy atom. The van der Waals surface area contributed by atoms with Crippen molar-refractivity contribution in [2.45, 2.75) is 5.41 Å². The van der Waals surface area contributed by atoms with Crippen molar-refractivity contribution in [3.8, 4) is 56.0 Å². The van der Waals surface area contributed by atoms with E-state index in [-0.39, 0.29) is 0 Å². The van der Waals surface area contributed by atoms with Gasteiger partial charge in [-0.3, -0.25) is 0 Å². The Labute approximate surface area is 356 Å². The van der Waals surface area contributed by atoms with Crippen molar-refractivity contribution in [1.29, 1.82) is 0 Å². The number of fused-ring (bicyclic) bond motifs is 5. The molecular weight excluding hydrogens is 739 g/mol. The van der Waals surface area contributed by atoms with Gasteiger partial charge < -0.3 is 9.64 Å². The number of ether oxygens (including phenoxy) is 1. The second-order valence-corrected chi connectivity index (χ2v) is 16.0. The monoisotopic (exact) mass is 777 g/mol. The fourth-order valence-corrected chi connectivity index (χ4v) is 10.0. The molecule has 2 heteroatoms. The molecule has 1 heterocycles. The SMILES string of the molecule is c1ccc(-c2ccc(N(c3ccc(-c4ccc5c(c4)Oc4cccc6cccc-5c46)cc3)c3ccc4c(c3)-c3ccccc3C4(c3ccccc3)c3ccccc3)cc2)cc1. The standard InChI is InChI=1S/C59H39NO/c1-4-14-40(15-5-1)41-26-31-47(32-27-41)60(48-33-28-42(29-34-48)44-30-36-51-52-23-12-16-43-17-13-25-56(58(43)52)61-57(51)38-44)49-35-37-55-53(39-49)50-22-10-11-24-54(50)59(55,45-18-6-2-7-19-45)46-20-8-3-9-21-46/h1-39H. The lowest BCUT2D eigenvalue weighted by molar-refractivity contribution is 0.487. The van der Waals surface area contributed by atoms with Gasteiger partial charge >= 0.3 is 0 Å². The molecule has 0 N–H and O–H groups in total. The van der Waals surface area contributed by atoms with Gasteiger partial charge in [-0.25, -0.2) is 0 Å². The Hall–Kier alpha value is -7.94. The first-order valence-electron chi connectivity index (χ1n) is 21.0. The predicted molar refractivity (Wildman–Crippen MR) is 252 cm³/mol. The molecule has 0 amide bonds. The Bertz CT molecular complexity index is 3200. The maximum absolute atomic E-state index is 6.56. The van der Waals surface area contributed by atoms with E-state index >= 15 is 0 Å². The highest BCUT2D eigenvalue weighted by atomic mass is 16.5. The summed E-state index contributed by atoms with van der Waals surface area (Å²) in [6.45, 7) is 0. The molecule has 0 fully saturated rings. The zero-order valence-electron chi connectivity index (χ0n) is 33.4. The average Bonchev–Trinajstić information content (AvgIpc) is 3.63. The molecular formula is C59H39NO. The highest BCUT2D eigenvalue weighted by Gasteiger charge is 2.46. The molecule has 0 aromatic heterocycles. The molecule has 2 nitrogen and oxygen atoms in total. The molecule has 286 valence electrons. The summed E-state index contributed by atoms with van der Waals surface area (Å²) in [5.74, 6) is 1.79. The van der Waals surface area contributed by atoms with Gasteiger partial charge in [0.1, 0.15) is 11.5 Å². The summed E-state index contributed by atoms with van der Waals surface area (Å²) in [6.07, 6.45) is 0. The lowest BCUT2D eigenvalue weighted by atomic mass is 9.68. The Morgan fingerprint density at radius 2 is 0.836 bits per heavy atom. The van der Waals surface area contributed by atoms with Crippen molar-refractivity contribution in [2.24, 2.45) is 0 Å². The third kappa shape index (κ3) is 5.57. The van der Waals surface area contributed by atoms with Crippen molar-refractivity contribution >= 4 is 27.8 Å². The Kier molecular flexibility index (Phi) is 8.11. The van der Waals surface area contributed by atoms with Crippen LogP contribution in [-0.2, 0) is 5.41 Å². The molecule has 0 unspecified atom stereocenters. The second kappa shape index (κ2) is 14.1. The summed E-state index contributed by atoms with van der Waals surface area (Å²) in [4.78, 5) is 2.39. The van der Waals surface area contributed by atoms with Gasteiger partial charge in [0.15, 0.2) is 0 Å². The number of rotatable bonds is 7. The summed E-state index contributed by atoms with van der Waals surface area (Å²) in [5.41, 5.74) is 17.4. The molecule has 10 aromatic rings. The van der Waals surface area contributed by atoms with Gasteiger partial charge in [-0.2, -0.15) is 0 Å². The molecule has 0 saturated heterocycles. The van der Waals surface area contributed by atoms with Crippen molar-refractivity contribution in [1.82, 2.24) is 0 Å². The lowest BCUT2D eigenvalue weighted by Gasteiger charge is -2.34. The van der Waals surface area contributed by atoms with Gasteiger partial charge in [-0.05, 0) is 121 Å².